The molecule has 0 radical (unpaired) electrons. The van der Waals surface area contributed by atoms with E-state index in [-0.39, 0.29) is 0 Å². The Labute approximate surface area is 107 Å². The Morgan fingerprint density at radius 1 is 1.16 bits per heavy atom. The molecule has 0 saturated heterocycles. The van der Waals surface area contributed by atoms with Crippen molar-refractivity contribution in [2.75, 3.05) is 5.73 Å². The van der Waals surface area contributed by atoms with Crippen LogP contribution in [0.4, 0.5) is 10.1 Å². The summed E-state index contributed by atoms with van der Waals surface area (Å²) >= 11 is 0. The third-order valence-corrected chi connectivity index (χ3v) is 2.48. The highest BCUT2D eigenvalue weighted by atomic mass is 19.1. The van der Waals surface area contributed by atoms with Gasteiger partial charge in [-0.15, -0.1) is 0 Å². The van der Waals surface area contributed by atoms with Crippen molar-refractivity contribution in [2.24, 2.45) is 0 Å². The van der Waals surface area contributed by atoms with E-state index in [0.717, 1.165) is 6.20 Å². The molecule has 0 atom stereocenters. The number of pyridine rings is 1. The molecule has 0 saturated carbocycles. The molecule has 0 bridgehead atoms. The SMILES string of the molecule is Nc1cn(-c2ncccn2)nc1-c1cncc(F)c1. The highest BCUT2D eigenvalue weighted by molar-refractivity contribution is 5.71. The maximum atomic E-state index is 13.2. The Hall–Kier alpha value is -2.83. The summed E-state index contributed by atoms with van der Waals surface area (Å²) in [7, 11) is 0. The van der Waals surface area contributed by atoms with Gasteiger partial charge in [-0.25, -0.2) is 19.0 Å². The number of nitrogens with zero attached hydrogens (tertiary/aromatic N) is 5. The number of hydrogen-bond donors (Lipinski definition) is 1. The fourth-order valence-corrected chi connectivity index (χ4v) is 1.66. The van der Waals surface area contributed by atoms with Crippen LogP contribution in [0.25, 0.3) is 17.2 Å². The minimum Gasteiger partial charge on any atom is -0.396 e. The zero-order valence-electron chi connectivity index (χ0n) is 9.73. The first-order chi connectivity index (χ1) is 9.24. The molecule has 3 rings (SSSR count). The lowest BCUT2D eigenvalue weighted by atomic mass is 10.2. The average molecular weight is 256 g/mol. The van der Waals surface area contributed by atoms with E-state index in [9.17, 15) is 4.39 Å². The van der Waals surface area contributed by atoms with Gasteiger partial charge in [0, 0.05) is 24.2 Å². The van der Waals surface area contributed by atoms with Gasteiger partial charge in [0.25, 0.3) is 5.95 Å². The molecule has 7 heteroatoms. The summed E-state index contributed by atoms with van der Waals surface area (Å²) in [6, 6.07) is 3.02. The van der Waals surface area contributed by atoms with Crippen LogP contribution < -0.4 is 5.73 Å². The smallest absolute Gasteiger partial charge is 0.250 e. The molecular weight excluding hydrogens is 247 g/mol. The number of anilines is 1. The van der Waals surface area contributed by atoms with Crippen LogP contribution in [0.2, 0.25) is 0 Å². The van der Waals surface area contributed by atoms with Crippen LogP contribution in [0.3, 0.4) is 0 Å². The lowest BCUT2D eigenvalue weighted by molar-refractivity contribution is 0.622. The largest absolute Gasteiger partial charge is 0.396 e. The van der Waals surface area contributed by atoms with Crippen LogP contribution in [0.5, 0.6) is 0 Å². The Morgan fingerprint density at radius 3 is 2.68 bits per heavy atom. The van der Waals surface area contributed by atoms with Crippen LogP contribution in [-0.2, 0) is 0 Å². The number of nitrogen functional groups attached to an aromatic ring is 1. The maximum absolute atomic E-state index is 13.2. The van der Waals surface area contributed by atoms with Gasteiger partial charge in [-0.1, -0.05) is 0 Å². The lowest BCUT2D eigenvalue weighted by Gasteiger charge is -1.98. The predicted octanol–water partition coefficient (Wildman–Crippen LogP) is 1.45. The van der Waals surface area contributed by atoms with Gasteiger partial charge in [0.05, 0.1) is 18.1 Å². The monoisotopic (exact) mass is 256 g/mol. The standard InChI is InChI=1S/C12H9FN6/c13-9-4-8(5-15-6-9)11-10(14)7-19(18-11)12-16-2-1-3-17-12/h1-7H,14H2. The molecule has 0 fully saturated rings. The van der Waals surface area contributed by atoms with Crippen molar-refractivity contribution < 1.29 is 4.39 Å². The summed E-state index contributed by atoms with van der Waals surface area (Å²) < 4.78 is 14.6. The predicted molar refractivity (Wildman–Crippen MR) is 66.8 cm³/mol. The van der Waals surface area contributed by atoms with E-state index in [2.05, 4.69) is 20.1 Å². The molecule has 0 spiro atoms. The molecule has 3 aromatic rings. The average Bonchev–Trinajstić information content (AvgIpc) is 2.82. The summed E-state index contributed by atoms with van der Waals surface area (Å²) in [5.74, 6) is -0.0489. The van der Waals surface area contributed by atoms with E-state index in [4.69, 9.17) is 5.73 Å². The van der Waals surface area contributed by atoms with Gasteiger partial charge >= 0.3 is 0 Å². The molecule has 3 aromatic heterocycles. The van der Waals surface area contributed by atoms with Gasteiger partial charge in [0.1, 0.15) is 11.5 Å². The minimum atomic E-state index is -0.442. The van der Waals surface area contributed by atoms with E-state index >= 15 is 0 Å². The molecular formula is C12H9FN6. The Kier molecular flexibility index (Phi) is 2.64. The van der Waals surface area contributed by atoms with Gasteiger partial charge < -0.3 is 5.73 Å². The molecule has 19 heavy (non-hydrogen) atoms. The number of aromatic nitrogens is 5. The van der Waals surface area contributed by atoms with E-state index in [1.807, 2.05) is 0 Å². The van der Waals surface area contributed by atoms with Crippen LogP contribution in [0.1, 0.15) is 0 Å². The second-order valence-electron chi connectivity index (χ2n) is 3.82. The van der Waals surface area contributed by atoms with Crippen LogP contribution in [-0.4, -0.2) is 24.7 Å². The first-order valence-electron chi connectivity index (χ1n) is 5.47. The molecule has 3 heterocycles. The number of rotatable bonds is 2. The molecule has 0 aliphatic carbocycles. The van der Waals surface area contributed by atoms with Crippen molar-refractivity contribution in [1.29, 1.82) is 0 Å². The van der Waals surface area contributed by atoms with E-state index in [1.54, 1.807) is 24.7 Å². The lowest BCUT2D eigenvalue weighted by Crippen LogP contribution is -2.00. The van der Waals surface area contributed by atoms with Gasteiger partial charge in [-0.2, -0.15) is 5.10 Å². The summed E-state index contributed by atoms with van der Waals surface area (Å²) in [4.78, 5) is 11.9. The summed E-state index contributed by atoms with van der Waals surface area (Å²) in [6.07, 6.45) is 7.40. The van der Waals surface area contributed by atoms with E-state index in [0.29, 0.717) is 22.9 Å². The van der Waals surface area contributed by atoms with Gasteiger partial charge in [-0.3, -0.25) is 4.98 Å². The number of nitrogens with two attached hydrogens (primary N) is 1. The zero-order valence-corrected chi connectivity index (χ0v) is 9.73. The van der Waals surface area contributed by atoms with Crippen LogP contribution in [0.15, 0.2) is 43.1 Å². The molecule has 2 N–H and O–H groups in total. The van der Waals surface area contributed by atoms with Gasteiger partial charge in [0.2, 0.25) is 0 Å². The normalized spacial score (nSPS) is 10.6. The Morgan fingerprint density at radius 2 is 1.95 bits per heavy atom. The first-order valence-corrected chi connectivity index (χ1v) is 5.47. The third-order valence-electron chi connectivity index (χ3n) is 2.48. The molecule has 0 aliphatic heterocycles. The number of hydrogen-bond acceptors (Lipinski definition) is 5. The fourth-order valence-electron chi connectivity index (χ4n) is 1.66. The Bertz CT molecular complexity index is 709. The highest BCUT2D eigenvalue weighted by Gasteiger charge is 2.11. The van der Waals surface area contributed by atoms with Crippen molar-refractivity contribution in [1.82, 2.24) is 24.7 Å². The quantitative estimate of drug-likeness (QED) is 0.750. The Balaban J connectivity index is 2.08. The van der Waals surface area contributed by atoms with Gasteiger partial charge in [-0.05, 0) is 12.1 Å². The van der Waals surface area contributed by atoms with Crippen LogP contribution >= 0.6 is 0 Å². The summed E-state index contributed by atoms with van der Waals surface area (Å²) in [5, 5.41) is 4.25. The summed E-state index contributed by atoms with van der Waals surface area (Å²) in [5.41, 5.74) is 7.22. The first kappa shape index (κ1) is 11.3. The molecule has 0 aliphatic rings. The summed E-state index contributed by atoms with van der Waals surface area (Å²) in [6.45, 7) is 0. The molecule has 0 amide bonds. The van der Waals surface area contributed by atoms with Crippen molar-refractivity contribution >= 4 is 5.69 Å². The van der Waals surface area contributed by atoms with E-state index < -0.39 is 5.82 Å². The number of halogens is 1. The highest BCUT2D eigenvalue weighted by Crippen LogP contribution is 2.24. The van der Waals surface area contributed by atoms with Crippen molar-refractivity contribution in [3.63, 3.8) is 0 Å². The topological polar surface area (TPSA) is 82.5 Å². The zero-order chi connectivity index (χ0) is 13.2. The second kappa shape index (κ2) is 4.45. The fraction of sp³-hybridized carbons (Fsp3) is 0. The van der Waals surface area contributed by atoms with Crippen molar-refractivity contribution in [3.05, 3.63) is 48.9 Å². The second-order valence-corrected chi connectivity index (χ2v) is 3.82. The van der Waals surface area contributed by atoms with Gasteiger partial charge in [0.15, 0.2) is 0 Å². The third kappa shape index (κ3) is 2.13. The van der Waals surface area contributed by atoms with Crippen LogP contribution in [0, 0.1) is 5.82 Å². The molecule has 0 aromatic carbocycles. The van der Waals surface area contributed by atoms with Crippen molar-refractivity contribution in [2.45, 2.75) is 0 Å². The van der Waals surface area contributed by atoms with Crippen molar-refractivity contribution in [3.8, 4) is 17.2 Å². The molecule has 0 unspecified atom stereocenters. The minimum absolute atomic E-state index is 0.393. The maximum Gasteiger partial charge on any atom is 0.250 e. The molecule has 6 nitrogen and oxygen atoms in total. The van der Waals surface area contributed by atoms with E-state index in [1.165, 1.54) is 16.9 Å². The molecule has 94 valence electrons.